The maximum Gasteiger partial charge on any atom is 0.146 e. The Hall–Kier alpha value is -2.59. The molecule has 0 aliphatic carbocycles. The van der Waals surface area contributed by atoms with E-state index in [4.69, 9.17) is 0 Å². The Labute approximate surface area is 149 Å². The average molecular weight is 330 g/mol. The lowest BCUT2D eigenvalue weighted by Gasteiger charge is -2.03. The van der Waals surface area contributed by atoms with E-state index in [1.165, 1.54) is 24.8 Å². The van der Waals surface area contributed by atoms with Crippen molar-refractivity contribution in [3.63, 3.8) is 0 Å². The number of unbranched alkanes of at least 4 members (excludes halogenated alkanes) is 2. The molecule has 3 aromatic carbocycles. The largest absolute Gasteiger partial charge is 0.205 e. The molecule has 0 saturated heterocycles. The van der Waals surface area contributed by atoms with Crippen molar-refractivity contribution in [2.24, 2.45) is 0 Å². The minimum absolute atomic E-state index is 0.235. The zero-order chi connectivity index (χ0) is 17.6. The fourth-order valence-corrected chi connectivity index (χ4v) is 2.98. The van der Waals surface area contributed by atoms with Crippen molar-refractivity contribution in [1.82, 2.24) is 0 Å². The van der Waals surface area contributed by atoms with Gasteiger partial charge >= 0.3 is 0 Å². The average Bonchev–Trinajstić information content (AvgIpc) is 2.62. The molecule has 0 amide bonds. The molecule has 0 saturated carbocycles. The minimum Gasteiger partial charge on any atom is -0.205 e. The standard InChI is InChI=1S/C24H23F/c1-3-4-5-6-19-8-10-20(11-9-19)12-13-21-14-15-22-17-18(2)7-16-23(22)24(21)25/h7-11,14-17H,3-6H2,1-2H3. The van der Waals surface area contributed by atoms with Crippen molar-refractivity contribution in [3.8, 4) is 11.8 Å². The van der Waals surface area contributed by atoms with Crippen molar-refractivity contribution < 1.29 is 4.39 Å². The summed E-state index contributed by atoms with van der Waals surface area (Å²) in [5.74, 6) is 5.83. The van der Waals surface area contributed by atoms with Gasteiger partial charge in [0.05, 0.1) is 5.56 Å². The summed E-state index contributed by atoms with van der Waals surface area (Å²) >= 11 is 0. The fourth-order valence-electron chi connectivity index (χ4n) is 2.98. The van der Waals surface area contributed by atoms with E-state index in [2.05, 4.69) is 30.9 Å². The first-order valence-corrected chi connectivity index (χ1v) is 8.97. The minimum atomic E-state index is -0.235. The second-order valence-corrected chi connectivity index (χ2v) is 6.56. The van der Waals surface area contributed by atoms with Gasteiger partial charge in [-0.1, -0.05) is 73.6 Å². The summed E-state index contributed by atoms with van der Waals surface area (Å²) in [6, 6.07) is 17.8. The van der Waals surface area contributed by atoms with Gasteiger partial charge in [0, 0.05) is 10.9 Å². The number of benzene rings is 3. The van der Waals surface area contributed by atoms with Gasteiger partial charge in [0.25, 0.3) is 0 Å². The highest BCUT2D eigenvalue weighted by Crippen LogP contribution is 2.22. The predicted molar refractivity (Wildman–Crippen MR) is 104 cm³/mol. The van der Waals surface area contributed by atoms with Crippen LogP contribution < -0.4 is 0 Å². The maximum atomic E-state index is 14.6. The number of rotatable bonds is 4. The zero-order valence-electron chi connectivity index (χ0n) is 14.9. The van der Waals surface area contributed by atoms with Crippen LogP contribution in [-0.2, 0) is 6.42 Å². The topological polar surface area (TPSA) is 0 Å². The second kappa shape index (κ2) is 7.99. The van der Waals surface area contributed by atoms with Gasteiger partial charge in [-0.3, -0.25) is 0 Å². The number of fused-ring (bicyclic) bond motifs is 1. The predicted octanol–water partition coefficient (Wildman–Crippen LogP) is 6.42. The molecule has 0 aliphatic rings. The molecule has 0 aromatic heterocycles. The zero-order valence-corrected chi connectivity index (χ0v) is 14.9. The third-order valence-corrected chi connectivity index (χ3v) is 4.47. The van der Waals surface area contributed by atoms with E-state index in [-0.39, 0.29) is 5.82 Å². The molecule has 0 aliphatic heterocycles. The molecule has 0 nitrogen and oxygen atoms in total. The number of hydrogen-bond acceptors (Lipinski definition) is 0. The molecule has 1 heteroatoms. The van der Waals surface area contributed by atoms with E-state index in [9.17, 15) is 4.39 Å². The van der Waals surface area contributed by atoms with Crippen LogP contribution in [0.4, 0.5) is 4.39 Å². The molecule has 126 valence electrons. The van der Waals surface area contributed by atoms with E-state index in [0.717, 1.165) is 22.9 Å². The van der Waals surface area contributed by atoms with Crippen LogP contribution in [0.2, 0.25) is 0 Å². The Balaban J connectivity index is 1.80. The molecule has 0 heterocycles. The van der Waals surface area contributed by atoms with Gasteiger partial charge in [-0.05, 0) is 48.9 Å². The van der Waals surface area contributed by atoms with Crippen LogP contribution in [0.5, 0.6) is 0 Å². The monoisotopic (exact) mass is 330 g/mol. The van der Waals surface area contributed by atoms with E-state index in [0.29, 0.717) is 10.9 Å². The Morgan fingerprint density at radius 2 is 1.68 bits per heavy atom. The van der Waals surface area contributed by atoms with Crippen LogP contribution in [0.3, 0.4) is 0 Å². The van der Waals surface area contributed by atoms with E-state index < -0.39 is 0 Å². The molecule has 0 fully saturated rings. The lowest BCUT2D eigenvalue weighted by atomic mass is 10.0. The Morgan fingerprint density at radius 1 is 0.880 bits per heavy atom. The molecule has 3 aromatic rings. The van der Waals surface area contributed by atoms with Gasteiger partial charge in [0.15, 0.2) is 0 Å². The molecule has 0 bridgehead atoms. The van der Waals surface area contributed by atoms with Crippen LogP contribution in [0.25, 0.3) is 10.8 Å². The number of hydrogen-bond donors (Lipinski definition) is 0. The van der Waals surface area contributed by atoms with E-state index in [1.807, 2.05) is 43.3 Å². The van der Waals surface area contributed by atoms with Gasteiger partial charge in [-0.15, -0.1) is 0 Å². The molecule has 25 heavy (non-hydrogen) atoms. The molecule has 3 rings (SSSR count). The highest BCUT2D eigenvalue weighted by molar-refractivity contribution is 5.85. The van der Waals surface area contributed by atoms with Gasteiger partial charge in [0.2, 0.25) is 0 Å². The summed E-state index contributed by atoms with van der Waals surface area (Å²) in [6.07, 6.45) is 4.84. The molecular formula is C24H23F. The van der Waals surface area contributed by atoms with Crippen molar-refractivity contribution in [2.45, 2.75) is 39.5 Å². The molecule has 0 spiro atoms. The number of halogens is 1. The van der Waals surface area contributed by atoms with Crippen molar-refractivity contribution in [2.75, 3.05) is 0 Å². The summed E-state index contributed by atoms with van der Waals surface area (Å²) in [7, 11) is 0. The lowest BCUT2D eigenvalue weighted by Crippen LogP contribution is -1.88. The van der Waals surface area contributed by atoms with E-state index >= 15 is 0 Å². The third kappa shape index (κ3) is 4.28. The fraction of sp³-hybridized carbons (Fsp3) is 0.250. The normalized spacial score (nSPS) is 10.5. The van der Waals surface area contributed by atoms with Gasteiger partial charge in [-0.2, -0.15) is 0 Å². The van der Waals surface area contributed by atoms with Gasteiger partial charge < -0.3 is 0 Å². The van der Waals surface area contributed by atoms with E-state index in [1.54, 1.807) is 6.07 Å². The SMILES string of the molecule is CCCCCc1ccc(C#Cc2ccc3cc(C)ccc3c2F)cc1. The first kappa shape index (κ1) is 17.2. The van der Waals surface area contributed by atoms with Gasteiger partial charge in [0.1, 0.15) is 5.82 Å². The summed E-state index contributed by atoms with van der Waals surface area (Å²) in [5, 5.41) is 1.54. The van der Waals surface area contributed by atoms with Crippen molar-refractivity contribution in [3.05, 3.63) is 82.7 Å². The van der Waals surface area contributed by atoms with Crippen LogP contribution in [0, 0.1) is 24.6 Å². The quantitative estimate of drug-likeness (QED) is 0.382. The van der Waals surface area contributed by atoms with Crippen molar-refractivity contribution >= 4 is 10.8 Å². The van der Waals surface area contributed by atoms with Crippen LogP contribution >= 0.6 is 0 Å². The molecule has 0 atom stereocenters. The van der Waals surface area contributed by atoms with Crippen molar-refractivity contribution in [1.29, 1.82) is 0 Å². The summed E-state index contributed by atoms with van der Waals surface area (Å²) < 4.78 is 14.6. The lowest BCUT2D eigenvalue weighted by molar-refractivity contribution is 0.636. The van der Waals surface area contributed by atoms with Gasteiger partial charge in [-0.25, -0.2) is 4.39 Å². The first-order chi connectivity index (χ1) is 12.2. The smallest absolute Gasteiger partial charge is 0.146 e. The highest BCUT2D eigenvalue weighted by atomic mass is 19.1. The summed E-state index contributed by atoms with van der Waals surface area (Å²) in [6.45, 7) is 4.22. The summed E-state index contributed by atoms with van der Waals surface area (Å²) in [5.41, 5.74) is 3.84. The molecule has 0 unspecified atom stereocenters. The Kier molecular flexibility index (Phi) is 5.51. The third-order valence-electron chi connectivity index (χ3n) is 4.47. The van der Waals surface area contributed by atoms with Crippen LogP contribution in [-0.4, -0.2) is 0 Å². The summed E-state index contributed by atoms with van der Waals surface area (Å²) in [4.78, 5) is 0. The first-order valence-electron chi connectivity index (χ1n) is 8.97. The Bertz CT molecular complexity index is 924. The molecular weight excluding hydrogens is 307 g/mol. The van der Waals surface area contributed by atoms with Crippen LogP contribution in [0.15, 0.2) is 54.6 Å². The second-order valence-electron chi connectivity index (χ2n) is 6.56. The van der Waals surface area contributed by atoms with Crippen LogP contribution in [0.1, 0.15) is 48.4 Å². The number of aryl methyl sites for hydroxylation is 2. The Morgan fingerprint density at radius 3 is 2.44 bits per heavy atom. The molecule has 0 radical (unpaired) electrons. The highest BCUT2D eigenvalue weighted by Gasteiger charge is 2.05. The molecule has 0 N–H and O–H groups in total. The maximum absolute atomic E-state index is 14.6.